The van der Waals surface area contributed by atoms with Crippen LogP contribution in [0.2, 0.25) is 0 Å². The third-order valence-electron chi connectivity index (χ3n) is 0.775. The van der Waals surface area contributed by atoms with Crippen LogP contribution >= 0.6 is 12.6 Å². The summed E-state index contributed by atoms with van der Waals surface area (Å²) in [7, 11) is 0. The van der Waals surface area contributed by atoms with Crippen LogP contribution in [0, 0.1) is 0 Å². The summed E-state index contributed by atoms with van der Waals surface area (Å²) < 4.78 is 4.03. The van der Waals surface area contributed by atoms with Gasteiger partial charge in [0.05, 0.1) is 6.61 Å². The zero-order chi connectivity index (χ0) is 7.49. The molecule has 0 bridgehead atoms. The normalized spacial score (nSPS) is 11.1. The maximum absolute atomic E-state index is 10.8. The van der Waals surface area contributed by atoms with E-state index in [1.165, 1.54) is 0 Å². The first-order valence-electron chi connectivity index (χ1n) is 2.88. The second-order valence-corrected chi connectivity index (χ2v) is 3.40. The summed E-state index contributed by atoms with van der Waals surface area (Å²) in [5, 5.41) is 0. The molecule has 3 heteroatoms. The molecule has 0 aliphatic carbocycles. The van der Waals surface area contributed by atoms with Crippen molar-refractivity contribution in [3.05, 3.63) is 0 Å². The van der Waals surface area contributed by atoms with Crippen molar-refractivity contribution in [1.82, 2.24) is 0 Å². The monoisotopic (exact) mass is 148 g/mol. The summed E-state index contributed by atoms with van der Waals surface area (Å²) >= 11 is 4.01. The van der Waals surface area contributed by atoms with E-state index in [9.17, 15) is 4.79 Å². The molecule has 0 aromatic heterocycles. The Morgan fingerprint density at radius 2 is 2.11 bits per heavy atom. The Hall–Kier alpha value is -0.180. The molecule has 0 N–H and O–H groups in total. The van der Waals surface area contributed by atoms with Crippen molar-refractivity contribution in [3.63, 3.8) is 0 Å². The second-order valence-electron chi connectivity index (χ2n) is 2.28. The van der Waals surface area contributed by atoms with E-state index in [1.807, 2.05) is 0 Å². The highest BCUT2D eigenvalue weighted by Crippen LogP contribution is 2.13. The third-order valence-corrected chi connectivity index (χ3v) is 0.958. The lowest BCUT2D eigenvalue weighted by Crippen LogP contribution is -2.27. The minimum absolute atomic E-state index is 0.270. The molecule has 9 heavy (non-hydrogen) atoms. The molecule has 0 amide bonds. The van der Waals surface area contributed by atoms with E-state index in [2.05, 4.69) is 12.6 Å². The third kappa shape index (κ3) is 3.40. The number of hydrogen-bond donors (Lipinski definition) is 1. The fourth-order valence-corrected chi connectivity index (χ4v) is 0.372. The van der Waals surface area contributed by atoms with Crippen molar-refractivity contribution in [2.45, 2.75) is 25.5 Å². The smallest absolute Gasteiger partial charge is 0.321 e. The molecule has 0 saturated heterocycles. The number of rotatable bonds is 2. The SMILES string of the molecule is CCOC(=O)C(C)(C)S. The molecule has 0 atom stereocenters. The van der Waals surface area contributed by atoms with Crippen LogP contribution in [0.4, 0.5) is 0 Å². The molecule has 0 spiro atoms. The maximum Gasteiger partial charge on any atom is 0.321 e. The van der Waals surface area contributed by atoms with Crippen LogP contribution in [-0.2, 0) is 9.53 Å². The van der Waals surface area contributed by atoms with E-state index in [4.69, 9.17) is 4.74 Å². The van der Waals surface area contributed by atoms with E-state index >= 15 is 0 Å². The Bertz CT molecular complexity index is 104. The van der Waals surface area contributed by atoms with Gasteiger partial charge >= 0.3 is 5.97 Å². The zero-order valence-electron chi connectivity index (χ0n) is 5.97. The number of hydrogen-bond acceptors (Lipinski definition) is 3. The zero-order valence-corrected chi connectivity index (χ0v) is 6.87. The highest BCUT2D eigenvalue weighted by atomic mass is 32.1. The summed E-state index contributed by atoms with van der Waals surface area (Å²) in [6.45, 7) is 5.60. The first kappa shape index (κ1) is 8.82. The van der Waals surface area contributed by atoms with Crippen LogP contribution < -0.4 is 0 Å². The van der Waals surface area contributed by atoms with Gasteiger partial charge in [0, 0.05) is 0 Å². The van der Waals surface area contributed by atoms with Crippen LogP contribution in [-0.4, -0.2) is 17.3 Å². The van der Waals surface area contributed by atoms with Gasteiger partial charge in [0.15, 0.2) is 0 Å². The van der Waals surface area contributed by atoms with Gasteiger partial charge in [0.25, 0.3) is 0 Å². The van der Waals surface area contributed by atoms with E-state index in [1.54, 1.807) is 20.8 Å². The molecule has 0 fully saturated rings. The molecule has 54 valence electrons. The molecule has 0 aromatic rings. The molecule has 0 radical (unpaired) electrons. The molecular formula is C6H12O2S. The Morgan fingerprint density at radius 1 is 1.67 bits per heavy atom. The van der Waals surface area contributed by atoms with Crippen molar-refractivity contribution >= 4 is 18.6 Å². The van der Waals surface area contributed by atoms with Crippen molar-refractivity contribution in [1.29, 1.82) is 0 Å². The van der Waals surface area contributed by atoms with Gasteiger partial charge in [-0.1, -0.05) is 0 Å². The number of carbonyl (C=O) groups excluding carboxylic acids is 1. The van der Waals surface area contributed by atoms with E-state index in [-0.39, 0.29) is 5.97 Å². The van der Waals surface area contributed by atoms with Gasteiger partial charge in [0.2, 0.25) is 0 Å². The molecule has 0 heterocycles. The molecule has 0 saturated carbocycles. The average molecular weight is 148 g/mol. The quantitative estimate of drug-likeness (QED) is 0.471. The molecule has 0 aliphatic rings. The summed E-state index contributed by atoms with van der Waals surface area (Å²) in [5.74, 6) is -0.270. The lowest BCUT2D eigenvalue weighted by atomic mass is 10.2. The lowest BCUT2D eigenvalue weighted by molar-refractivity contribution is -0.145. The number of carbonyl (C=O) groups is 1. The second kappa shape index (κ2) is 3.11. The van der Waals surface area contributed by atoms with Gasteiger partial charge in [-0.15, -0.1) is 0 Å². The van der Waals surface area contributed by atoms with Gasteiger partial charge in [0.1, 0.15) is 4.75 Å². The minimum atomic E-state index is -0.657. The lowest BCUT2D eigenvalue weighted by Gasteiger charge is -2.13. The van der Waals surface area contributed by atoms with E-state index in [0.717, 1.165) is 0 Å². The summed E-state index contributed by atoms with van der Waals surface area (Å²) in [5.41, 5.74) is 0. The van der Waals surface area contributed by atoms with E-state index in [0.29, 0.717) is 6.61 Å². The van der Waals surface area contributed by atoms with Gasteiger partial charge < -0.3 is 4.74 Å². The van der Waals surface area contributed by atoms with Crippen molar-refractivity contribution < 1.29 is 9.53 Å². The Balaban J connectivity index is 3.74. The largest absolute Gasteiger partial charge is 0.465 e. The van der Waals surface area contributed by atoms with Crippen LogP contribution in [0.5, 0.6) is 0 Å². The predicted molar refractivity (Wildman–Crippen MR) is 39.7 cm³/mol. The Kier molecular flexibility index (Phi) is 3.04. The minimum Gasteiger partial charge on any atom is -0.465 e. The van der Waals surface area contributed by atoms with Gasteiger partial charge in [-0.05, 0) is 20.8 Å². The number of thiol groups is 1. The van der Waals surface area contributed by atoms with Crippen molar-refractivity contribution in [2.24, 2.45) is 0 Å². The predicted octanol–water partition coefficient (Wildman–Crippen LogP) is 1.26. The first-order valence-corrected chi connectivity index (χ1v) is 3.32. The molecule has 0 rings (SSSR count). The molecule has 2 nitrogen and oxygen atoms in total. The van der Waals surface area contributed by atoms with E-state index < -0.39 is 4.75 Å². The van der Waals surface area contributed by atoms with Gasteiger partial charge in [-0.3, -0.25) is 4.79 Å². The first-order chi connectivity index (χ1) is 3.98. The molecule has 0 unspecified atom stereocenters. The van der Waals surface area contributed by atoms with Crippen LogP contribution in [0.15, 0.2) is 0 Å². The topological polar surface area (TPSA) is 26.3 Å². The molecule has 0 aromatic carbocycles. The Morgan fingerprint density at radius 3 is 2.22 bits per heavy atom. The standard InChI is InChI=1S/C6H12O2S/c1-4-8-5(7)6(2,3)9/h9H,4H2,1-3H3. The van der Waals surface area contributed by atoms with Crippen molar-refractivity contribution in [3.8, 4) is 0 Å². The summed E-state index contributed by atoms with van der Waals surface area (Å²) in [4.78, 5) is 10.8. The summed E-state index contributed by atoms with van der Waals surface area (Å²) in [6.07, 6.45) is 0. The van der Waals surface area contributed by atoms with Crippen molar-refractivity contribution in [2.75, 3.05) is 6.61 Å². The maximum atomic E-state index is 10.8. The van der Waals surface area contributed by atoms with Crippen LogP contribution in [0.1, 0.15) is 20.8 Å². The highest BCUT2D eigenvalue weighted by molar-refractivity contribution is 7.82. The van der Waals surface area contributed by atoms with Gasteiger partial charge in [-0.2, -0.15) is 12.6 Å². The van der Waals surface area contributed by atoms with Crippen LogP contribution in [0.3, 0.4) is 0 Å². The van der Waals surface area contributed by atoms with Crippen LogP contribution in [0.25, 0.3) is 0 Å². The van der Waals surface area contributed by atoms with Gasteiger partial charge in [-0.25, -0.2) is 0 Å². The average Bonchev–Trinajstić information content (AvgIpc) is 1.64. The summed E-state index contributed by atoms with van der Waals surface area (Å²) in [6, 6.07) is 0. The number of ether oxygens (including phenoxy) is 1. The Labute approximate surface area is 61.0 Å². The molecular weight excluding hydrogens is 136 g/mol. The number of esters is 1. The highest BCUT2D eigenvalue weighted by Gasteiger charge is 2.23. The fourth-order valence-electron chi connectivity index (χ4n) is 0.308. The fraction of sp³-hybridized carbons (Fsp3) is 0.833. The molecule has 0 aliphatic heterocycles.